The molecule has 3 N–H and O–H groups in total. The van der Waals surface area contributed by atoms with Crippen molar-refractivity contribution in [3.63, 3.8) is 0 Å². The number of hydrogen-bond donors (Lipinski definition) is 2. The second-order valence-electron chi connectivity index (χ2n) is 5.34. The number of amides is 1. The minimum absolute atomic E-state index is 0.0954. The molecule has 1 unspecified atom stereocenters. The summed E-state index contributed by atoms with van der Waals surface area (Å²) in [6.45, 7) is 2.62. The third kappa shape index (κ3) is 4.18. The van der Waals surface area contributed by atoms with Gasteiger partial charge in [-0.2, -0.15) is 0 Å². The van der Waals surface area contributed by atoms with Crippen molar-refractivity contribution >= 4 is 43.5 Å². The molecule has 0 aliphatic heterocycles. The number of nitrogens with two attached hydrogens (primary N) is 1. The van der Waals surface area contributed by atoms with Crippen LogP contribution in [0.3, 0.4) is 0 Å². The summed E-state index contributed by atoms with van der Waals surface area (Å²) in [6, 6.07) is 2.47. The number of benzene rings is 1. The molecule has 1 aromatic rings. The van der Waals surface area contributed by atoms with Crippen LogP contribution in [0.2, 0.25) is 5.02 Å². The highest BCUT2D eigenvalue weighted by molar-refractivity contribution is 9.10. The van der Waals surface area contributed by atoms with Crippen molar-refractivity contribution in [3.05, 3.63) is 27.2 Å². The molecule has 1 saturated carbocycles. The number of sulfonamides is 1. The van der Waals surface area contributed by atoms with Crippen LogP contribution >= 0.6 is 27.5 Å². The van der Waals surface area contributed by atoms with Gasteiger partial charge in [0.05, 0.1) is 15.5 Å². The molecule has 8 heteroatoms. The lowest BCUT2D eigenvalue weighted by Gasteiger charge is -2.13. The Morgan fingerprint density at radius 3 is 2.67 bits per heavy atom. The summed E-state index contributed by atoms with van der Waals surface area (Å²) < 4.78 is 23.1. The van der Waals surface area contributed by atoms with E-state index in [0.717, 1.165) is 0 Å². The van der Waals surface area contributed by atoms with Crippen molar-refractivity contribution in [2.24, 2.45) is 17.0 Å². The molecular weight excluding hydrogens is 380 g/mol. The average molecular weight is 396 g/mol. The molecule has 116 valence electrons. The SMILES string of the molecule is CC(CNC(=O)c1cc(S(N)(=O)=O)cc(Br)c1Cl)C1CC1. The zero-order valence-corrected chi connectivity index (χ0v) is 14.6. The van der Waals surface area contributed by atoms with Crippen LogP contribution in [0.5, 0.6) is 0 Å². The molecule has 1 aliphatic rings. The van der Waals surface area contributed by atoms with Crippen molar-refractivity contribution in [1.29, 1.82) is 0 Å². The van der Waals surface area contributed by atoms with E-state index in [4.69, 9.17) is 16.7 Å². The molecule has 21 heavy (non-hydrogen) atoms. The Balaban J connectivity index is 2.21. The molecular formula is C13H16BrClN2O3S. The average Bonchev–Trinajstić information content (AvgIpc) is 3.21. The number of rotatable bonds is 5. The van der Waals surface area contributed by atoms with Gasteiger partial charge >= 0.3 is 0 Å². The second-order valence-corrected chi connectivity index (χ2v) is 8.13. The summed E-state index contributed by atoms with van der Waals surface area (Å²) in [7, 11) is -3.90. The first-order chi connectivity index (χ1) is 9.70. The molecule has 0 spiro atoms. The molecule has 0 saturated heterocycles. The first-order valence-electron chi connectivity index (χ1n) is 6.50. The van der Waals surface area contributed by atoms with Crippen LogP contribution in [0.25, 0.3) is 0 Å². The first kappa shape index (κ1) is 16.7. The van der Waals surface area contributed by atoms with Gasteiger partial charge in [-0.3, -0.25) is 4.79 Å². The van der Waals surface area contributed by atoms with E-state index in [2.05, 4.69) is 28.2 Å². The van der Waals surface area contributed by atoms with Gasteiger partial charge in [0, 0.05) is 11.0 Å². The molecule has 0 bridgehead atoms. The Hall–Kier alpha value is -0.630. The fourth-order valence-electron chi connectivity index (χ4n) is 2.07. The van der Waals surface area contributed by atoms with E-state index < -0.39 is 15.9 Å². The van der Waals surface area contributed by atoms with Crippen LogP contribution in [-0.4, -0.2) is 20.9 Å². The summed E-state index contributed by atoms with van der Waals surface area (Å²) in [5.74, 6) is 0.666. The van der Waals surface area contributed by atoms with Crippen LogP contribution in [0.1, 0.15) is 30.1 Å². The van der Waals surface area contributed by atoms with Crippen molar-refractivity contribution in [2.75, 3.05) is 6.54 Å². The van der Waals surface area contributed by atoms with Gasteiger partial charge in [-0.1, -0.05) is 18.5 Å². The largest absolute Gasteiger partial charge is 0.352 e. The van der Waals surface area contributed by atoms with Gasteiger partial charge < -0.3 is 5.32 Å². The molecule has 2 rings (SSSR count). The monoisotopic (exact) mass is 394 g/mol. The van der Waals surface area contributed by atoms with Crippen molar-refractivity contribution < 1.29 is 13.2 Å². The minimum atomic E-state index is -3.90. The zero-order valence-electron chi connectivity index (χ0n) is 11.4. The van der Waals surface area contributed by atoms with Gasteiger partial charge in [0.1, 0.15) is 0 Å². The lowest BCUT2D eigenvalue weighted by atomic mass is 10.1. The van der Waals surface area contributed by atoms with Crippen LogP contribution in [0, 0.1) is 11.8 Å². The van der Waals surface area contributed by atoms with Crippen LogP contribution in [-0.2, 0) is 10.0 Å². The lowest BCUT2D eigenvalue weighted by Crippen LogP contribution is -2.29. The molecule has 1 atom stereocenters. The van der Waals surface area contributed by atoms with E-state index in [0.29, 0.717) is 22.9 Å². The molecule has 1 aliphatic carbocycles. The standard InChI is InChI=1S/C13H16BrClN2O3S/c1-7(8-2-3-8)6-17-13(18)10-4-9(21(16,19)20)5-11(14)12(10)15/h4-5,7-8H,2-3,6H2,1H3,(H,17,18)(H2,16,19,20). The van der Waals surface area contributed by atoms with E-state index in [9.17, 15) is 13.2 Å². The van der Waals surface area contributed by atoms with Crippen molar-refractivity contribution in [3.8, 4) is 0 Å². The lowest BCUT2D eigenvalue weighted by molar-refractivity contribution is 0.0946. The van der Waals surface area contributed by atoms with Gasteiger partial charge in [0.25, 0.3) is 5.91 Å². The summed E-state index contributed by atoms with van der Waals surface area (Å²) >= 11 is 9.20. The third-order valence-corrected chi connectivity index (χ3v) is 5.74. The molecule has 1 fully saturated rings. The summed E-state index contributed by atoms with van der Waals surface area (Å²) in [5, 5.41) is 8.04. The Morgan fingerprint density at radius 1 is 1.52 bits per heavy atom. The Kier molecular flexibility index (Phi) is 4.97. The number of carbonyl (C=O) groups is 1. The zero-order chi connectivity index (χ0) is 15.8. The fourth-order valence-corrected chi connectivity index (χ4v) is 3.45. The maximum atomic E-state index is 12.2. The number of primary sulfonamides is 1. The van der Waals surface area contributed by atoms with Crippen LogP contribution in [0.15, 0.2) is 21.5 Å². The van der Waals surface area contributed by atoms with E-state index in [1.807, 2.05) is 0 Å². The number of nitrogens with one attached hydrogen (secondary N) is 1. The molecule has 1 amide bonds. The Morgan fingerprint density at radius 2 is 2.14 bits per heavy atom. The van der Waals surface area contributed by atoms with Gasteiger partial charge in [-0.25, -0.2) is 13.6 Å². The molecule has 5 nitrogen and oxygen atoms in total. The molecule has 0 heterocycles. The summed E-state index contributed by atoms with van der Waals surface area (Å²) in [5.41, 5.74) is 0.0954. The first-order valence-corrected chi connectivity index (χ1v) is 9.22. The quantitative estimate of drug-likeness (QED) is 0.803. The maximum absolute atomic E-state index is 12.2. The normalized spacial score (nSPS) is 16.6. The predicted molar refractivity (Wildman–Crippen MR) is 84.7 cm³/mol. The van der Waals surface area contributed by atoms with E-state index in [-0.39, 0.29) is 15.5 Å². The Labute approximate surface area is 137 Å². The third-order valence-electron chi connectivity index (χ3n) is 3.59. The van der Waals surface area contributed by atoms with Gasteiger partial charge in [0.2, 0.25) is 10.0 Å². The minimum Gasteiger partial charge on any atom is -0.352 e. The summed E-state index contributed by atoms with van der Waals surface area (Å²) in [6.07, 6.45) is 2.40. The van der Waals surface area contributed by atoms with Crippen molar-refractivity contribution in [1.82, 2.24) is 5.32 Å². The highest BCUT2D eigenvalue weighted by atomic mass is 79.9. The molecule has 0 radical (unpaired) electrons. The van der Waals surface area contributed by atoms with Crippen molar-refractivity contribution in [2.45, 2.75) is 24.7 Å². The number of halogens is 2. The van der Waals surface area contributed by atoms with Gasteiger partial charge in [0.15, 0.2) is 0 Å². The number of carbonyl (C=O) groups excluding carboxylic acids is 1. The van der Waals surface area contributed by atoms with Gasteiger partial charge in [-0.15, -0.1) is 0 Å². The van der Waals surface area contributed by atoms with Crippen LogP contribution in [0.4, 0.5) is 0 Å². The highest BCUT2D eigenvalue weighted by Crippen LogP contribution is 2.36. The van der Waals surface area contributed by atoms with Crippen LogP contribution < -0.4 is 10.5 Å². The topological polar surface area (TPSA) is 89.3 Å². The Bertz CT molecular complexity index is 674. The second kappa shape index (κ2) is 6.24. The van der Waals surface area contributed by atoms with E-state index in [1.54, 1.807) is 0 Å². The smallest absolute Gasteiger partial charge is 0.252 e. The number of hydrogen-bond acceptors (Lipinski definition) is 3. The molecule has 0 aromatic heterocycles. The predicted octanol–water partition coefficient (Wildman–Crippen LogP) is 2.53. The maximum Gasteiger partial charge on any atom is 0.252 e. The van der Waals surface area contributed by atoms with E-state index in [1.165, 1.54) is 25.0 Å². The molecule has 1 aromatic carbocycles. The van der Waals surface area contributed by atoms with Gasteiger partial charge in [-0.05, 0) is 52.7 Å². The van der Waals surface area contributed by atoms with E-state index >= 15 is 0 Å². The fraction of sp³-hybridized carbons (Fsp3) is 0.462. The summed E-state index contributed by atoms with van der Waals surface area (Å²) in [4.78, 5) is 12.0. The highest BCUT2D eigenvalue weighted by Gasteiger charge is 2.28.